The fourth-order valence-corrected chi connectivity index (χ4v) is 3.14. The van der Waals surface area contributed by atoms with Gasteiger partial charge in [0, 0.05) is 6.42 Å². The molecule has 4 nitrogen and oxygen atoms in total. The summed E-state index contributed by atoms with van der Waals surface area (Å²) in [6.45, 7) is 3.68. The van der Waals surface area contributed by atoms with Crippen LogP contribution in [-0.2, 0) is 4.79 Å². The maximum atomic E-state index is 12.1. The molecule has 0 heterocycles. The topological polar surface area (TPSA) is 66.4 Å². The van der Waals surface area contributed by atoms with Crippen LogP contribution in [0.1, 0.15) is 60.0 Å². The number of hydrogen-bond donors (Lipinski definition) is 2. The molecule has 0 aromatic heterocycles. The van der Waals surface area contributed by atoms with Gasteiger partial charge in [-0.3, -0.25) is 4.79 Å². The minimum atomic E-state index is -1.01. The molecule has 2 rings (SSSR count). The summed E-state index contributed by atoms with van der Waals surface area (Å²) >= 11 is 0. The maximum Gasteiger partial charge on any atom is 0.337 e. The number of rotatable bonds is 5. The molecule has 0 bridgehead atoms. The number of aromatic carboxylic acids is 1. The average Bonchev–Trinajstić information content (AvgIpc) is 2.92. The average molecular weight is 289 g/mol. The summed E-state index contributed by atoms with van der Waals surface area (Å²) in [6, 6.07) is 3.49. The van der Waals surface area contributed by atoms with Gasteiger partial charge in [0.15, 0.2) is 0 Å². The van der Waals surface area contributed by atoms with E-state index in [4.69, 9.17) is 0 Å². The SMILES string of the molecule is Cc1cc(C)c(NC(=O)CCC2CCCC2)c(C(=O)O)c1. The zero-order chi connectivity index (χ0) is 15.4. The Bertz CT molecular complexity index is 545. The van der Waals surface area contributed by atoms with Crippen LogP contribution in [0.2, 0.25) is 0 Å². The molecular weight excluding hydrogens is 266 g/mol. The highest BCUT2D eigenvalue weighted by Crippen LogP contribution is 2.29. The molecular formula is C17H23NO3. The third-order valence-electron chi connectivity index (χ3n) is 4.23. The second-order valence-electron chi connectivity index (χ2n) is 6.05. The van der Waals surface area contributed by atoms with Gasteiger partial charge in [-0.25, -0.2) is 4.79 Å². The molecule has 1 aromatic rings. The molecule has 0 radical (unpaired) electrons. The molecule has 21 heavy (non-hydrogen) atoms. The van der Waals surface area contributed by atoms with E-state index in [1.165, 1.54) is 25.7 Å². The van der Waals surface area contributed by atoms with Gasteiger partial charge in [0.2, 0.25) is 5.91 Å². The molecule has 4 heteroatoms. The highest BCUT2D eigenvalue weighted by Gasteiger charge is 2.18. The van der Waals surface area contributed by atoms with Gasteiger partial charge in [-0.15, -0.1) is 0 Å². The van der Waals surface area contributed by atoms with Crippen LogP contribution in [-0.4, -0.2) is 17.0 Å². The zero-order valence-corrected chi connectivity index (χ0v) is 12.7. The Hall–Kier alpha value is -1.84. The summed E-state index contributed by atoms with van der Waals surface area (Å²) in [5.41, 5.74) is 2.28. The molecule has 1 aromatic carbocycles. The van der Waals surface area contributed by atoms with E-state index in [9.17, 15) is 14.7 Å². The van der Waals surface area contributed by atoms with E-state index in [2.05, 4.69) is 5.32 Å². The lowest BCUT2D eigenvalue weighted by Crippen LogP contribution is -2.16. The Balaban J connectivity index is 2.04. The van der Waals surface area contributed by atoms with E-state index in [1.807, 2.05) is 19.9 Å². The van der Waals surface area contributed by atoms with E-state index in [-0.39, 0.29) is 11.5 Å². The Kier molecular flexibility index (Phi) is 4.99. The summed E-state index contributed by atoms with van der Waals surface area (Å²) in [4.78, 5) is 23.4. The summed E-state index contributed by atoms with van der Waals surface area (Å²) in [5, 5.41) is 12.1. The normalized spacial score (nSPS) is 15.1. The molecule has 0 atom stereocenters. The molecule has 0 aliphatic heterocycles. The first-order valence-electron chi connectivity index (χ1n) is 7.61. The molecule has 1 aliphatic rings. The molecule has 0 unspecified atom stereocenters. The van der Waals surface area contributed by atoms with Gasteiger partial charge >= 0.3 is 5.97 Å². The lowest BCUT2D eigenvalue weighted by atomic mass is 10.0. The largest absolute Gasteiger partial charge is 0.478 e. The molecule has 114 valence electrons. The van der Waals surface area contributed by atoms with E-state index in [0.29, 0.717) is 18.0 Å². The van der Waals surface area contributed by atoms with Crippen molar-refractivity contribution >= 4 is 17.6 Å². The number of amides is 1. The third-order valence-corrected chi connectivity index (χ3v) is 4.23. The third kappa shape index (κ3) is 4.06. The predicted octanol–water partition coefficient (Wildman–Crippen LogP) is 3.91. The van der Waals surface area contributed by atoms with Gasteiger partial charge in [0.05, 0.1) is 11.3 Å². The highest BCUT2D eigenvalue weighted by atomic mass is 16.4. The second kappa shape index (κ2) is 6.74. The molecule has 1 saturated carbocycles. The van der Waals surface area contributed by atoms with Crippen LogP contribution in [0, 0.1) is 19.8 Å². The van der Waals surface area contributed by atoms with Crippen molar-refractivity contribution in [2.24, 2.45) is 5.92 Å². The van der Waals surface area contributed by atoms with Crippen LogP contribution in [0.15, 0.2) is 12.1 Å². The van der Waals surface area contributed by atoms with E-state index in [1.54, 1.807) is 6.07 Å². The quantitative estimate of drug-likeness (QED) is 0.863. The number of hydrogen-bond acceptors (Lipinski definition) is 2. The van der Waals surface area contributed by atoms with Crippen LogP contribution in [0.3, 0.4) is 0 Å². The van der Waals surface area contributed by atoms with Crippen molar-refractivity contribution in [1.82, 2.24) is 0 Å². The number of benzene rings is 1. The van der Waals surface area contributed by atoms with Gasteiger partial charge in [0.1, 0.15) is 0 Å². The first-order chi connectivity index (χ1) is 9.97. The van der Waals surface area contributed by atoms with Crippen molar-refractivity contribution in [2.75, 3.05) is 5.32 Å². The number of carbonyl (C=O) groups is 2. The Morgan fingerprint density at radius 2 is 1.90 bits per heavy atom. The van der Waals surface area contributed by atoms with Crippen LogP contribution in [0.4, 0.5) is 5.69 Å². The summed E-state index contributed by atoms with van der Waals surface area (Å²) in [7, 11) is 0. The molecule has 1 fully saturated rings. The Morgan fingerprint density at radius 3 is 2.52 bits per heavy atom. The number of anilines is 1. The predicted molar refractivity (Wildman–Crippen MR) is 82.7 cm³/mol. The Labute approximate surface area is 125 Å². The smallest absolute Gasteiger partial charge is 0.337 e. The van der Waals surface area contributed by atoms with Crippen LogP contribution < -0.4 is 5.32 Å². The van der Waals surface area contributed by atoms with Crippen molar-refractivity contribution in [1.29, 1.82) is 0 Å². The fraction of sp³-hybridized carbons (Fsp3) is 0.529. The summed E-state index contributed by atoms with van der Waals surface area (Å²) in [6.07, 6.45) is 6.35. The molecule has 1 amide bonds. The number of nitrogens with one attached hydrogen (secondary N) is 1. The van der Waals surface area contributed by atoms with Crippen molar-refractivity contribution in [3.8, 4) is 0 Å². The number of carbonyl (C=O) groups excluding carboxylic acids is 1. The van der Waals surface area contributed by atoms with E-state index in [0.717, 1.165) is 17.5 Å². The molecule has 1 aliphatic carbocycles. The fourth-order valence-electron chi connectivity index (χ4n) is 3.14. The molecule has 0 spiro atoms. The highest BCUT2D eigenvalue weighted by molar-refractivity contribution is 6.01. The zero-order valence-electron chi connectivity index (χ0n) is 12.7. The lowest BCUT2D eigenvalue weighted by Gasteiger charge is -2.14. The monoisotopic (exact) mass is 289 g/mol. The summed E-state index contributed by atoms with van der Waals surface area (Å²) in [5.74, 6) is -0.432. The molecule has 0 saturated heterocycles. The standard InChI is InChI=1S/C17H23NO3/c1-11-9-12(2)16(14(10-11)17(20)21)18-15(19)8-7-13-5-3-4-6-13/h9-10,13H,3-8H2,1-2H3,(H,18,19)(H,20,21). The summed E-state index contributed by atoms with van der Waals surface area (Å²) < 4.78 is 0. The van der Waals surface area contributed by atoms with Gasteiger partial charge in [0.25, 0.3) is 0 Å². The number of carboxylic acid groups (broad SMARTS) is 1. The minimum absolute atomic E-state index is 0.0867. The lowest BCUT2D eigenvalue weighted by molar-refractivity contribution is -0.116. The van der Waals surface area contributed by atoms with Gasteiger partial charge in [-0.2, -0.15) is 0 Å². The van der Waals surface area contributed by atoms with Gasteiger partial charge in [-0.05, 0) is 43.4 Å². The number of carboxylic acids is 1. The first-order valence-corrected chi connectivity index (χ1v) is 7.61. The van der Waals surface area contributed by atoms with Crippen LogP contribution >= 0.6 is 0 Å². The van der Waals surface area contributed by atoms with Crippen molar-refractivity contribution in [2.45, 2.75) is 52.4 Å². The minimum Gasteiger partial charge on any atom is -0.478 e. The van der Waals surface area contributed by atoms with Gasteiger partial charge in [-0.1, -0.05) is 31.7 Å². The van der Waals surface area contributed by atoms with Crippen molar-refractivity contribution in [3.05, 3.63) is 28.8 Å². The van der Waals surface area contributed by atoms with Crippen LogP contribution in [0.5, 0.6) is 0 Å². The Morgan fingerprint density at radius 1 is 1.24 bits per heavy atom. The second-order valence-corrected chi connectivity index (χ2v) is 6.05. The maximum absolute atomic E-state index is 12.1. The van der Waals surface area contributed by atoms with Crippen molar-refractivity contribution < 1.29 is 14.7 Å². The van der Waals surface area contributed by atoms with E-state index >= 15 is 0 Å². The molecule has 2 N–H and O–H groups in total. The van der Waals surface area contributed by atoms with E-state index < -0.39 is 5.97 Å². The first kappa shape index (κ1) is 15.5. The number of aryl methyl sites for hydroxylation is 2. The van der Waals surface area contributed by atoms with Crippen molar-refractivity contribution in [3.63, 3.8) is 0 Å². The van der Waals surface area contributed by atoms with Crippen LogP contribution in [0.25, 0.3) is 0 Å². The van der Waals surface area contributed by atoms with Gasteiger partial charge < -0.3 is 10.4 Å².